The Morgan fingerprint density at radius 1 is 0.952 bits per heavy atom. The fraction of sp³-hybridized carbons (Fsp3) is 0.219. The van der Waals surface area contributed by atoms with E-state index in [-0.39, 0.29) is 17.7 Å². The van der Waals surface area contributed by atoms with Gasteiger partial charge in [0.05, 0.1) is 37.2 Å². The molecule has 10 heteroatoms. The van der Waals surface area contributed by atoms with Gasteiger partial charge in [-0.3, -0.25) is 5.10 Å². The van der Waals surface area contributed by atoms with Crippen molar-refractivity contribution in [2.24, 2.45) is 0 Å². The number of nitrogens with one attached hydrogen (secondary N) is 1. The zero-order valence-corrected chi connectivity index (χ0v) is 24.2. The van der Waals surface area contributed by atoms with E-state index in [9.17, 15) is 19.8 Å². The molecule has 0 atom stereocenters. The van der Waals surface area contributed by atoms with Crippen LogP contribution in [0.15, 0.2) is 60.8 Å². The van der Waals surface area contributed by atoms with Crippen LogP contribution in [0.3, 0.4) is 0 Å². The van der Waals surface area contributed by atoms with Gasteiger partial charge in [0.2, 0.25) is 0 Å². The number of aromatic nitrogens is 2. The lowest BCUT2D eigenvalue weighted by molar-refractivity contribution is -0.130. The zero-order valence-electron chi connectivity index (χ0n) is 23.4. The third kappa shape index (κ3) is 6.75. The summed E-state index contributed by atoms with van der Waals surface area (Å²) in [4.78, 5) is 24.1. The number of aromatic amines is 1. The van der Waals surface area contributed by atoms with Gasteiger partial charge in [0.25, 0.3) is 0 Å². The lowest BCUT2D eigenvalue weighted by atomic mass is 9.95. The summed E-state index contributed by atoms with van der Waals surface area (Å²) >= 11 is 6.20. The maximum Gasteiger partial charge on any atom is 0.336 e. The third-order valence-electron chi connectivity index (χ3n) is 6.74. The van der Waals surface area contributed by atoms with E-state index in [1.807, 2.05) is 6.07 Å². The quantitative estimate of drug-likeness (QED) is 0.142. The fourth-order valence-corrected chi connectivity index (χ4v) is 4.79. The number of hydrogen-bond donors (Lipinski definition) is 3. The molecule has 4 aromatic rings. The Kier molecular flexibility index (Phi) is 9.88. The number of ether oxygens (including phenoxy) is 3. The van der Waals surface area contributed by atoms with E-state index in [1.54, 1.807) is 55.8 Å². The highest BCUT2D eigenvalue weighted by atomic mass is 35.5. The van der Waals surface area contributed by atoms with E-state index in [4.69, 9.17) is 25.8 Å². The lowest BCUT2D eigenvalue weighted by Crippen LogP contribution is -2.06. The Hall–Kier alpha value is -4.76. The number of carbonyl (C=O) groups is 2. The van der Waals surface area contributed by atoms with Gasteiger partial charge in [-0.15, -0.1) is 0 Å². The normalized spacial score (nSPS) is 11.3. The van der Waals surface area contributed by atoms with Crippen molar-refractivity contribution in [3.8, 4) is 28.5 Å². The average molecular weight is 591 g/mol. The Morgan fingerprint density at radius 2 is 1.71 bits per heavy atom. The molecule has 0 radical (unpaired) electrons. The zero-order chi connectivity index (χ0) is 30.2. The van der Waals surface area contributed by atoms with Crippen LogP contribution in [-0.2, 0) is 17.8 Å². The molecule has 0 unspecified atom stereocenters. The van der Waals surface area contributed by atoms with Gasteiger partial charge in [-0.05, 0) is 60.9 Å². The SMILES string of the molecule is CCCCc1cc(OC)c(OCc2ccccc2C(=O)O)cc1-c1[nH]ncc1/C=C(/C(=O)O)c1cc(Cl)ccc1OC. The molecule has 0 fully saturated rings. The first-order valence-electron chi connectivity index (χ1n) is 13.2. The molecular weight excluding hydrogens is 560 g/mol. The van der Waals surface area contributed by atoms with Crippen molar-refractivity contribution in [2.45, 2.75) is 32.8 Å². The van der Waals surface area contributed by atoms with E-state index in [0.717, 1.165) is 30.4 Å². The molecule has 9 nitrogen and oxygen atoms in total. The number of H-pyrrole nitrogens is 1. The summed E-state index contributed by atoms with van der Waals surface area (Å²) in [5.74, 6) is -0.957. The molecule has 0 aliphatic heterocycles. The largest absolute Gasteiger partial charge is 0.496 e. The maximum atomic E-state index is 12.4. The summed E-state index contributed by atoms with van der Waals surface area (Å²) in [6, 6.07) is 15.1. The van der Waals surface area contributed by atoms with E-state index >= 15 is 0 Å². The summed E-state index contributed by atoms with van der Waals surface area (Å²) in [7, 11) is 3.00. The first-order chi connectivity index (χ1) is 20.3. The Bertz CT molecular complexity index is 1630. The van der Waals surface area contributed by atoms with Gasteiger partial charge < -0.3 is 24.4 Å². The van der Waals surface area contributed by atoms with Crippen LogP contribution in [0.4, 0.5) is 0 Å². The predicted octanol–water partition coefficient (Wildman–Crippen LogP) is 6.99. The van der Waals surface area contributed by atoms with Crippen LogP contribution in [0.25, 0.3) is 22.9 Å². The smallest absolute Gasteiger partial charge is 0.336 e. The minimum absolute atomic E-state index is 0.0000393. The molecule has 1 aromatic heterocycles. The van der Waals surface area contributed by atoms with E-state index in [0.29, 0.717) is 44.7 Å². The molecule has 3 aromatic carbocycles. The van der Waals surface area contributed by atoms with Gasteiger partial charge in [0.15, 0.2) is 11.5 Å². The van der Waals surface area contributed by atoms with Crippen LogP contribution in [-0.4, -0.2) is 46.6 Å². The van der Waals surface area contributed by atoms with E-state index in [1.165, 1.54) is 19.3 Å². The van der Waals surface area contributed by atoms with Gasteiger partial charge in [0.1, 0.15) is 12.4 Å². The second-order valence-corrected chi connectivity index (χ2v) is 9.86. The van der Waals surface area contributed by atoms with Crippen LogP contribution >= 0.6 is 11.6 Å². The fourth-order valence-electron chi connectivity index (χ4n) is 4.61. The van der Waals surface area contributed by atoms with Gasteiger partial charge in [-0.25, -0.2) is 9.59 Å². The second-order valence-electron chi connectivity index (χ2n) is 9.42. The van der Waals surface area contributed by atoms with E-state index < -0.39 is 11.9 Å². The van der Waals surface area contributed by atoms with Crippen molar-refractivity contribution in [2.75, 3.05) is 14.2 Å². The molecule has 0 amide bonds. The average Bonchev–Trinajstić information content (AvgIpc) is 3.45. The van der Waals surface area contributed by atoms with Crippen LogP contribution in [0.1, 0.15) is 52.4 Å². The number of methoxy groups -OCH3 is 2. The Morgan fingerprint density at radius 3 is 2.40 bits per heavy atom. The molecule has 0 saturated carbocycles. The van der Waals surface area contributed by atoms with Crippen molar-refractivity contribution in [3.63, 3.8) is 0 Å². The number of aliphatic carboxylic acids is 1. The summed E-state index contributed by atoms with van der Waals surface area (Å²) in [5.41, 5.74) is 3.76. The molecule has 42 heavy (non-hydrogen) atoms. The highest BCUT2D eigenvalue weighted by molar-refractivity contribution is 6.31. The van der Waals surface area contributed by atoms with E-state index in [2.05, 4.69) is 17.1 Å². The van der Waals surface area contributed by atoms with Crippen molar-refractivity contribution in [3.05, 3.63) is 93.6 Å². The van der Waals surface area contributed by atoms with Gasteiger partial charge in [-0.2, -0.15) is 5.10 Å². The number of aromatic carboxylic acids is 1. The number of benzene rings is 3. The maximum absolute atomic E-state index is 12.4. The monoisotopic (exact) mass is 590 g/mol. The molecule has 4 rings (SSSR count). The second kappa shape index (κ2) is 13.7. The summed E-state index contributed by atoms with van der Waals surface area (Å²) in [6.45, 7) is 2.09. The van der Waals surface area contributed by atoms with Crippen molar-refractivity contribution < 1.29 is 34.0 Å². The minimum Gasteiger partial charge on any atom is -0.496 e. The highest BCUT2D eigenvalue weighted by Gasteiger charge is 2.21. The third-order valence-corrected chi connectivity index (χ3v) is 6.98. The molecule has 0 aliphatic rings. The van der Waals surface area contributed by atoms with Crippen molar-refractivity contribution in [1.82, 2.24) is 10.2 Å². The Balaban J connectivity index is 1.82. The molecule has 1 heterocycles. The van der Waals surface area contributed by atoms with Crippen LogP contribution in [0.5, 0.6) is 17.2 Å². The van der Waals surface area contributed by atoms with Gasteiger partial charge in [0, 0.05) is 27.3 Å². The topological polar surface area (TPSA) is 131 Å². The minimum atomic E-state index is -1.16. The molecule has 218 valence electrons. The molecule has 3 N–H and O–H groups in total. The molecular formula is C32H31ClN2O7. The number of rotatable bonds is 13. The number of unbranched alkanes of at least 4 members (excludes halogenated alkanes) is 1. The summed E-state index contributed by atoms with van der Waals surface area (Å²) in [5, 5.41) is 27.3. The number of hydrogen-bond acceptors (Lipinski definition) is 6. The van der Waals surface area contributed by atoms with Gasteiger partial charge in [-0.1, -0.05) is 43.1 Å². The van der Waals surface area contributed by atoms with Crippen LogP contribution in [0.2, 0.25) is 5.02 Å². The van der Waals surface area contributed by atoms with Crippen molar-refractivity contribution in [1.29, 1.82) is 0 Å². The van der Waals surface area contributed by atoms with Crippen molar-refractivity contribution >= 4 is 35.2 Å². The number of nitrogens with zero attached hydrogens (tertiary/aromatic N) is 1. The number of carboxylic acid groups (broad SMARTS) is 2. The lowest BCUT2D eigenvalue weighted by Gasteiger charge is -2.17. The summed E-state index contributed by atoms with van der Waals surface area (Å²) in [6.07, 6.45) is 5.65. The van der Waals surface area contributed by atoms with Crippen LogP contribution in [0, 0.1) is 0 Å². The number of aryl methyl sites for hydroxylation is 1. The first kappa shape index (κ1) is 30.2. The first-order valence-corrected chi connectivity index (χ1v) is 13.6. The number of carboxylic acids is 2. The van der Waals surface area contributed by atoms with Gasteiger partial charge >= 0.3 is 11.9 Å². The molecule has 0 bridgehead atoms. The summed E-state index contributed by atoms with van der Waals surface area (Å²) < 4.78 is 17.2. The molecule has 0 spiro atoms. The standard InChI is InChI=1S/C32H31ClN2O7/c1-4-5-8-19-14-28(41-3)29(42-18-20-9-6-7-10-23(20)31(36)37)16-24(19)30-21(17-34-35-30)13-26(32(38)39)25-15-22(33)11-12-27(25)40-2/h6-7,9-17H,4-5,8,18H2,1-3H3,(H,34,35)(H,36,37)(H,38,39)/b26-13+. The number of halogens is 1. The van der Waals surface area contributed by atoms with Crippen LogP contribution < -0.4 is 14.2 Å². The Labute approximate surface area is 248 Å². The molecule has 0 aliphatic carbocycles. The molecule has 0 saturated heterocycles. The predicted molar refractivity (Wildman–Crippen MR) is 160 cm³/mol. The highest BCUT2D eigenvalue weighted by Crippen LogP contribution is 2.39.